The smallest absolute Gasteiger partial charge is 0.275 e. The monoisotopic (exact) mass is 285 g/mol. The van der Waals surface area contributed by atoms with Crippen LogP contribution in [0.1, 0.15) is 10.5 Å². The molecule has 2 heterocycles. The van der Waals surface area contributed by atoms with Gasteiger partial charge in [-0.2, -0.15) is 5.10 Å². The van der Waals surface area contributed by atoms with Gasteiger partial charge in [-0.15, -0.1) is 11.3 Å². The van der Waals surface area contributed by atoms with Crippen molar-refractivity contribution in [1.82, 2.24) is 19.7 Å². The summed E-state index contributed by atoms with van der Waals surface area (Å²) in [6.45, 7) is 0. The molecule has 2 aromatic heterocycles. The third kappa shape index (κ3) is 2.57. The second kappa shape index (κ2) is 5.22. The van der Waals surface area contributed by atoms with E-state index < -0.39 is 0 Å². The number of aromatic nitrogens is 4. The van der Waals surface area contributed by atoms with E-state index in [1.165, 1.54) is 11.3 Å². The van der Waals surface area contributed by atoms with Gasteiger partial charge < -0.3 is 5.32 Å². The summed E-state index contributed by atoms with van der Waals surface area (Å²) in [6, 6.07) is 7.40. The second-order valence-electron chi connectivity index (χ2n) is 4.15. The maximum Gasteiger partial charge on any atom is 0.275 e. The summed E-state index contributed by atoms with van der Waals surface area (Å²) in [4.78, 5) is 20.1. The van der Waals surface area contributed by atoms with Crippen molar-refractivity contribution in [2.75, 3.05) is 5.32 Å². The van der Waals surface area contributed by atoms with E-state index in [-0.39, 0.29) is 5.91 Å². The number of rotatable bonds is 3. The number of thiazole rings is 1. The van der Waals surface area contributed by atoms with Gasteiger partial charge in [-0.1, -0.05) is 12.1 Å². The maximum atomic E-state index is 11.9. The number of carbonyl (C=O) groups excluding carboxylic acids is 1. The number of benzene rings is 1. The van der Waals surface area contributed by atoms with E-state index in [0.717, 1.165) is 5.56 Å². The molecule has 0 spiro atoms. The van der Waals surface area contributed by atoms with Crippen LogP contribution in [-0.2, 0) is 7.05 Å². The molecule has 3 aromatic rings. The van der Waals surface area contributed by atoms with Gasteiger partial charge in [0.25, 0.3) is 5.91 Å². The zero-order valence-electron chi connectivity index (χ0n) is 10.6. The van der Waals surface area contributed by atoms with Crippen LogP contribution in [0.4, 0.5) is 5.69 Å². The molecule has 1 amide bonds. The number of carbonyl (C=O) groups is 1. The number of hydrogen-bond donors (Lipinski definition) is 1. The van der Waals surface area contributed by atoms with E-state index in [4.69, 9.17) is 0 Å². The van der Waals surface area contributed by atoms with Crippen LogP contribution < -0.4 is 5.32 Å². The summed E-state index contributed by atoms with van der Waals surface area (Å²) in [6.07, 6.45) is 1.63. The highest BCUT2D eigenvalue weighted by Gasteiger charge is 2.09. The highest BCUT2D eigenvalue weighted by molar-refractivity contribution is 7.07. The Balaban J connectivity index is 1.83. The molecule has 3 rings (SSSR count). The number of nitrogens with one attached hydrogen (secondary N) is 1. The zero-order valence-corrected chi connectivity index (χ0v) is 11.5. The minimum Gasteiger partial charge on any atom is -0.321 e. The van der Waals surface area contributed by atoms with Crippen LogP contribution in [-0.4, -0.2) is 25.7 Å². The summed E-state index contributed by atoms with van der Waals surface area (Å²) < 4.78 is 1.63. The molecule has 100 valence electrons. The highest BCUT2D eigenvalue weighted by Crippen LogP contribution is 2.19. The lowest BCUT2D eigenvalue weighted by molar-refractivity contribution is 0.102. The SMILES string of the molecule is Cn1cnc(-c2cccc(NC(=O)c3cscn3)c2)n1. The summed E-state index contributed by atoms with van der Waals surface area (Å²) >= 11 is 1.39. The number of nitrogens with zero attached hydrogens (tertiary/aromatic N) is 4. The van der Waals surface area contributed by atoms with Crippen LogP contribution in [0, 0.1) is 0 Å². The Morgan fingerprint density at radius 3 is 2.95 bits per heavy atom. The molecular weight excluding hydrogens is 274 g/mol. The van der Waals surface area contributed by atoms with Crippen molar-refractivity contribution in [3.05, 3.63) is 47.2 Å². The van der Waals surface area contributed by atoms with Crippen molar-refractivity contribution in [1.29, 1.82) is 0 Å². The third-order valence-electron chi connectivity index (χ3n) is 2.64. The van der Waals surface area contributed by atoms with Gasteiger partial charge in [-0.25, -0.2) is 9.97 Å². The van der Waals surface area contributed by atoms with Crippen molar-refractivity contribution in [3.63, 3.8) is 0 Å². The molecule has 0 unspecified atom stereocenters. The zero-order chi connectivity index (χ0) is 13.9. The fourth-order valence-electron chi connectivity index (χ4n) is 1.73. The van der Waals surface area contributed by atoms with Crippen LogP contribution in [0.2, 0.25) is 0 Å². The molecule has 0 bridgehead atoms. The molecule has 1 aromatic carbocycles. The largest absolute Gasteiger partial charge is 0.321 e. The normalized spacial score (nSPS) is 10.4. The van der Waals surface area contributed by atoms with Gasteiger partial charge in [0.15, 0.2) is 5.82 Å². The molecule has 0 aliphatic heterocycles. The molecule has 0 fully saturated rings. The Bertz CT molecular complexity index is 735. The Morgan fingerprint density at radius 2 is 2.25 bits per heavy atom. The quantitative estimate of drug-likeness (QED) is 0.800. The summed E-state index contributed by atoms with van der Waals surface area (Å²) in [5.41, 5.74) is 3.58. The Hall–Kier alpha value is -2.54. The number of anilines is 1. The average molecular weight is 285 g/mol. The van der Waals surface area contributed by atoms with E-state index in [1.807, 2.05) is 31.3 Å². The fourth-order valence-corrected chi connectivity index (χ4v) is 2.26. The van der Waals surface area contributed by atoms with Gasteiger partial charge >= 0.3 is 0 Å². The van der Waals surface area contributed by atoms with Crippen LogP contribution >= 0.6 is 11.3 Å². The molecule has 0 radical (unpaired) electrons. The van der Waals surface area contributed by atoms with Gasteiger partial charge in [0.2, 0.25) is 0 Å². The molecule has 1 N–H and O–H groups in total. The van der Waals surface area contributed by atoms with Gasteiger partial charge in [0, 0.05) is 23.7 Å². The molecule has 0 saturated carbocycles. The highest BCUT2D eigenvalue weighted by atomic mass is 32.1. The standard InChI is InChI=1S/C13H11N5OS/c1-18-7-14-12(17-18)9-3-2-4-10(5-9)16-13(19)11-6-20-8-15-11/h2-8H,1H3,(H,16,19). The van der Waals surface area contributed by atoms with Crippen molar-refractivity contribution < 1.29 is 4.79 Å². The molecule has 6 nitrogen and oxygen atoms in total. The maximum absolute atomic E-state index is 11.9. The lowest BCUT2D eigenvalue weighted by Crippen LogP contribution is -2.12. The first-order valence-corrected chi connectivity index (χ1v) is 6.82. The molecule has 0 atom stereocenters. The van der Waals surface area contributed by atoms with Crippen LogP contribution in [0.3, 0.4) is 0 Å². The Kier molecular flexibility index (Phi) is 3.26. The summed E-state index contributed by atoms with van der Waals surface area (Å²) in [5, 5.41) is 8.75. The first-order chi connectivity index (χ1) is 9.72. The molecule has 7 heteroatoms. The Labute approximate surface area is 119 Å². The van der Waals surface area contributed by atoms with E-state index in [9.17, 15) is 4.79 Å². The summed E-state index contributed by atoms with van der Waals surface area (Å²) in [7, 11) is 1.81. The van der Waals surface area contributed by atoms with Crippen molar-refractivity contribution in [2.24, 2.45) is 7.05 Å². The topological polar surface area (TPSA) is 72.7 Å². The minimum atomic E-state index is -0.225. The van der Waals surface area contributed by atoms with Crippen molar-refractivity contribution >= 4 is 22.9 Å². The van der Waals surface area contributed by atoms with E-state index in [2.05, 4.69) is 20.4 Å². The predicted molar refractivity (Wildman–Crippen MR) is 76.5 cm³/mol. The van der Waals surface area contributed by atoms with E-state index in [0.29, 0.717) is 17.2 Å². The fraction of sp³-hybridized carbons (Fsp3) is 0.0769. The molecular formula is C13H11N5OS. The van der Waals surface area contributed by atoms with Crippen molar-refractivity contribution in [3.8, 4) is 11.4 Å². The van der Waals surface area contributed by atoms with Crippen LogP contribution in [0.25, 0.3) is 11.4 Å². The lowest BCUT2D eigenvalue weighted by Gasteiger charge is -2.04. The van der Waals surface area contributed by atoms with Crippen LogP contribution in [0.5, 0.6) is 0 Å². The number of aryl methyl sites for hydroxylation is 1. The first-order valence-electron chi connectivity index (χ1n) is 5.88. The second-order valence-corrected chi connectivity index (χ2v) is 4.87. The van der Waals surface area contributed by atoms with Gasteiger partial charge in [-0.05, 0) is 12.1 Å². The minimum absolute atomic E-state index is 0.225. The Morgan fingerprint density at radius 1 is 1.35 bits per heavy atom. The first kappa shape index (κ1) is 12.5. The van der Waals surface area contributed by atoms with Crippen LogP contribution in [0.15, 0.2) is 41.5 Å². The number of amides is 1. The molecule has 0 aliphatic rings. The van der Waals surface area contributed by atoms with Gasteiger partial charge in [0.1, 0.15) is 12.0 Å². The van der Waals surface area contributed by atoms with Gasteiger partial charge in [0.05, 0.1) is 5.51 Å². The number of hydrogen-bond acceptors (Lipinski definition) is 5. The lowest BCUT2D eigenvalue weighted by atomic mass is 10.2. The molecule has 0 aliphatic carbocycles. The predicted octanol–water partition coefficient (Wildman–Crippen LogP) is 2.19. The average Bonchev–Trinajstić information content (AvgIpc) is 3.10. The summed E-state index contributed by atoms with van der Waals surface area (Å²) in [5.74, 6) is 0.398. The molecule has 0 saturated heterocycles. The van der Waals surface area contributed by atoms with Crippen molar-refractivity contribution in [2.45, 2.75) is 0 Å². The third-order valence-corrected chi connectivity index (χ3v) is 3.23. The van der Waals surface area contributed by atoms with E-state index >= 15 is 0 Å². The van der Waals surface area contributed by atoms with Gasteiger partial charge in [-0.3, -0.25) is 9.48 Å². The van der Waals surface area contributed by atoms with E-state index in [1.54, 1.807) is 21.9 Å². The molecule has 20 heavy (non-hydrogen) atoms.